The van der Waals surface area contributed by atoms with Gasteiger partial charge in [-0.25, -0.2) is 9.97 Å². The van der Waals surface area contributed by atoms with Crippen LogP contribution < -0.4 is 10.6 Å². The maximum absolute atomic E-state index is 5.74. The summed E-state index contributed by atoms with van der Waals surface area (Å²) in [6, 6.07) is 38.9. The third-order valence-electron chi connectivity index (χ3n) is 13.8. The van der Waals surface area contributed by atoms with E-state index in [4.69, 9.17) is 20.0 Å². The van der Waals surface area contributed by atoms with Gasteiger partial charge in [-0.3, -0.25) is 9.98 Å². The summed E-state index contributed by atoms with van der Waals surface area (Å²) in [5.74, 6) is 2.38. The zero-order valence-electron chi connectivity index (χ0n) is 46.6. The number of benzene rings is 4. The molecule has 378 valence electrons. The number of anilines is 2. The first-order chi connectivity index (χ1) is 34.2. The topological polar surface area (TPSA) is 74.6 Å². The number of aromatic nitrogens is 2. The Morgan fingerprint density at radius 3 is 0.819 bits per heavy atom. The first kappa shape index (κ1) is 54.9. The van der Waals surface area contributed by atoms with Crippen molar-refractivity contribution >= 4 is 45.6 Å². The number of rotatable bonds is 21. The summed E-state index contributed by atoms with van der Waals surface area (Å²) in [5, 5.41) is 7.52. The van der Waals surface area contributed by atoms with Gasteiger partial charge >= 0.3 is 0 Å². The Kier molecular flexibility index (Phi) is 18.6. The number of hydrogen-bond donors (Lipinski definition) is 2. The van der Waals surface area contributed by atoms with Crippen LogP contribution in [0.3, 0.4) is 0 Å². The number of hydrogen-bond acceptors (Lipinski definition) is 6. The van der Waals surface area contributed by atoms with Crippen molar-refractivity contribution in [2.45, 2.75) is 171 Å². The van der Waals surface area contributed by atoms with E-state index in [-0.39, 0.29) is 23.7 Å². The summed E-state index contributed by atoms with van der Waals surface area (Å²) in [6.07, 6.45) is 1.11. The summed E-state index contributed by atoms with van der Waals surface area (Å²) in [6.45, 7) is 45.2. The Morgan fingerprint density at radius 1 is 0.347 bits per heavy atom. The number of pyridine rings is 2. The largest absolute Gasteiger partial charge is 0.354 e. The molecule has 4 aromatic carbocycles. The second-order valence-corrected chi connectivity index (χ2v) is 22.1. The molecular weight excluding hydrogens is 877 g/mol. The molecular formula is C66H84N6. The van der Waals surface area contributed by atoms with E-state index in [1.807, 2.05) is 12.1 Å². The summed E-state index contributed by atoms with van der Waals surface area (Å²) in [7, 11) is 0. The normalized spacial score (nSPS) is 12.4. The molecule has 0 bridgehead atoms. The second kappa shape index (κ2) is 24.3. The number of nitrogens with zero attached hydrogens (tertiary/aromatic N) is 4. The highest BCUT2D eigenvalue weighted by molar-refractivity contribution is 6.07. The Labute approximate surface area is 434 Å². The Morgan fingerprint density at radius 2 is 0.569 bits per heavy atom. The van der Waals surface area contributed by atoms with Gasteiger partial charge < -0.3 is 10.6 Å². The van der Waals surface area contributed by atoms with Crippen LogP contribution >= 0.6 is 0 Å². The predicted molar refractivity (Wildman–Crippen MR) is 314 cm³/mol. The van der Waals surface area contributed by atoms with Crippen molar-refractivity contribution in [1.29, 1.82) is 0 Å². The van der Waals surface area contributed by atoms with Gasteiger partial charge in [0.05, 0.1) is 57.0 Å². The third-order valence-corrected chi connectivity index (χ3v) is 13.8. The van der Waals surface area contributed by atoms with Crippen LogP contribution in [-0.2, 0) is 0 Å². The lowest BCUT2D eigenvalue weighted by Gasteiger charge is -2.22. The van der Waals surface area contributed by atoms with Gasteiger partial charge in [0, 0.05) is 11.4 Å². The molecule has 6 heteroatoms. The minimum absolute atomic E-state index is 0.264. The molecule has 6 nitrogen and oxygen atoms in total. The highest BCUT2D eigenvalue weighted by Crippen LogP contribution is 2.40. The predicted octanol–water partition coefficient (Wildman–Crippen LogP) is 19.4. The molecule has 0 aliphatic heterocycles. The fourth-order valence-corrected chi connectivity index (χ4v) is 9.62. The van der Waals surface area contributed by atoms with Gasteiger partial charge in [0.1, 0.15) is 0 Å². The van der Waals surface area contributed by atoms with Crippen molar-refractivity contribution in [3.05, 3.63) is 190 Å². The smallest absolute Gasteiger partial charge is 0.0866 e. The summed E-state index contributed by atoms with van der Waals surface area (Å²) in [5.41, 5.74) is 20.6. The second-order valence-electron chi connectivity index (χ2n) is 22.1. The third kappa shape index (κ3) is 13.0. The van der Waals surface area contributed by atoms with Crippen LogP contribution in [0.1, 0.15) is 238 Å². The lowest BCUT2D eigenvalue weighted by atomic mass is 9.92. The molecule has 72 heavy (non-hydrogen) atoms. The van der Waals surface area contributed by atoms with Crippen LogP contribution in [0.2, 0.25) is 0 Å². The van der Waals surface area contributed by atoms with Crippen LogP contribution in [-0.4, -0.2) is 21.4 Å². The molecule has 0 unspecified atom stereocenters. The van der Waals surface area contributed by atoms with E-state index in [2.05, 4.69) is 232 Å². The maximum Gasteiger partial charge on any atom is 0.0866 e. The van der Waals surface area contributed by atoms with Gasteiger partial charge in [-0.2, -0.15) is 0 Å². The first-order valence-corrected chi connectivity index (χ1v) is 26.7. The number of nitrogens with one attached hydrogen (secondary N) is 2. The van der Waals surface area contributed by atoms with Crippen molar-refractivity contribution < 1.29 is 0 Å². The monoisotopic (exact) mass is 961 g/mol. The quantitative estimate of drug-likeness (QED) is 0.0705. The standard InChI is InChI=1S/C66H84N6/c1-39(2)49-25-19-26-50(40(3)4)63(49)67-47(17)57-33-23-35-59(69-57)61(71-65-53(43(9)10)29-21-30-54(65)44(11)12)37-38-62(72-66-55(45(13)14)31-22-32-56(66)46(15)16)60-36-24-34-58(70-60)48(18)68-64-51(41(5)6)27-20-28-52(64)42(7)8/h19-36,39-46,67-68H,17-18,37-38H2,1-16H3. The van der Waals surface area contributed by atoms with Crippen molar-refractivity contribution in [2.24, 2.45) is 9.98 Å². The molecule has 0 aliphatic carbocycles. The molecule has 2 heterocycles. The Hall–Kier alpha value is -6.40. The van der Waals surface area contributed by atoms with E-state index in [1.54, 1.807) is 0 Å². The molecule has 0 aliphatic rings. The van der Waals surface area contributed by atoms with Crippen LogP contribution in [0.4, 0.5) is 22.7 Å². The van der Waals surface area contributed by atoms with Gasteiger partial charge in [0.15, 0.2) is 0 Å². The van der Waals surface area contributed by atoms with Gasteiger partial charge in [-0.1, -0.05) is 209 Å². The molecule has 0 amide bonds. The van der Waals surface area contributed by atoms with Crippen LogP contribution in [0.5, 0.6) is 0 Å². The molecule has 2 N–H and O–H groups in total. The molecule has 2 aromatic heterocycles. The van der Waals surface area contributed by atoms with E-state index < -0.39 is 0 Å². The Bertz CT molecular complexity index is 2620. The van der Waals surface area contributed by atoms with Crippen molar-refractivity contribution in [2.75, 3.05) is 10.6 Å². The molecule has 0 saturated heterocycles. The van der Waals surface area contributed by atoms with E-state index in [0.29, 0.717) is 36.5 Å². The molecule has 0 radical (unpaired) electrons. The summed E-state index contributed by atoms with van der Waals surface area (Å²) >= 11 is 0. The Balaban J connectivity index is 1.53. The molecule has 0 atom stereocenters. The van der Waals surface area contributed by atoms with Gasteiger partial charge in [-0.05, 0) is 129 Å². The molecule has 0 saturated carbocycles. The minimum atomic E-state index is 0.264. The molecule has 0 fully saturated rings. The van der Waals surface area contributed by atoms with Gasteiger partial charge in [0.2, 0.25) is 0 Å². The van der Waals surface area contributed by atoms with Gasteiger partial charge in [-0.15, -0.1) is 0 Å². The lowest BCUT2D eigenvalue weighted by Crippen LogP contribution is -2.13. The lowest BCUT2D eigenvalue weighted by molar-refractivity contribution is 0.833. The van der Waals surface area contributed by atoms with E-state index in [1.165, 1.54) is 44.5 Å². The first-order valence-electron chi connectivity index (χ1n) is 26.7. The number of para-hydroxylation sites is 4. The molecule has 0 spiro atoms. The van der Waals surface area contributed by atoms with Crippen LogP contribution in [0.25, 0.3) is 11.4 Å². The zero-order chi connectivity index (χ0) is 52.6. The van der Waals surface area contributed by atoms with Crippen LogP contribution in [0.15, 0.2) is 132 Å². The highest BCUT2D eigenvalue weighted by atomic mass is 14.9. The van der Waals surface area contributed by atoms with Crippen molar-refractivity contribution in [1.82, 2.24) is 9.97 Å². The SMILES string of the molecule is C=C(Nc1c(C(C)C)cccc1C(C)C)c1cccc(C(CCC(=Nc2c(C(C)C)cccc2C(C)C)c2cccc(C(=C)Nc3c(C(C)C)cccc3C(C)C)n2)=Nc2c(C(C)C)cccc2C(C)C)n1. The number of aliphatic imine (C=N–C) groups is 2. The average Bonchev–Trinajstić information content (AvgIpc) is 3.34. The maximum atomic E-state index is 5.74. The van der Waals surface area contributed by atoms with Gasteiger partial charge in [0.25, 0.3) is 0 Å². The summed E-state index contributed by atoms with van der Waals surface area (Å²) < 4.78 is 0. The van der Waals surface area contributed by atoms with Crippen molar-refractivity contribution in [3.8, 4) is 0 Å². The minimum Gasteiger partial charge on any atom is -0.354 e. The zero-order valence-corrected chi connectivity index (χ0v) is 46.6. The van der Waals surface area contributed by atoms with E-state index in [0.717, 1.165) is 68.3 Å². The van der Waals surface area contributed by atoms with E-state index >= 15 is 0 Å². The van der Waals surface area contributed by atoms with Crippen molar-refractivity contribution in [3.63, 3.8) is 0 Å². The fourth-order valence-electron chi connectivity index (χ4n) is 9.62. The highest BCUT2D eigenvalue weighted by Gasteiger charge is 2.22. The average molecular weight is 961 g/mol. The van der Waals surface area contributed by atoms with Crippen LogP contribution in [0, 0.1) is 0 Å². The summed E-state index contributed by atoms with van der Waals surface area (Å²) in [4.78, 5) is 22.3. The fraction of sp³-hybridized carbons (Fsp3) is 0.394. The molecule has 6 rings (SSSR count). The van der Waals surface area contributed by atoms with E-state index in [9.17, 15) is 0 Å². The molecule has 6 aromatic rings.